The van der Waals surface area contributed by atoms with Gasteiger partial charge in [-0.05, 0) is 31.0 Å². The smallest absolute Gasteiger partial charge is 0.229 e. The third-order valence-electron chi connectivity index (χ3n) is 4.39. The lowest BCUT2D eigenvalue weighted by Gasteiger charge is -2.18. The van der Waals surface area contributed by atoms with E-state index >= 15 is 0 Å². The van der Waals surface area contributed by atoms with E-state index in [-0.39, 0.29) is 5.02 Å². The van der Waals surface area contributed by atoms with E-state index in [0.717, 1.165) is 30.2 Å². The molecule has 6 heteroatoms. The molecule has 0 radical (unpaired) electrons. The van der Waals surface area contributed by atoms with Crippen LogP contribution in [0.25, 0.3) is 11.3 Å². The predicted molar refractivity (Wildman–Crippen MR) is 104 cm³/mol. The van der Waals surface area contributed by atoms with Crippen LogP contribution in [0.3, 0.4) is 0 Å². The zero-order valence-corrected chi connectivity index (χ0v) is 14.9. The Hall–Kier alpha value is -2.66. The van der Waals surface area contributed by atoms with E-state index in [1.165, 1.54) is 25.0 Å². The number of hydrogen-bond acceptors (Lipinski definition) is 4. The summed E-state index contributed by atoms with van der Waals surface area (Å²) in [6.07, 6.45) is 2.34. The Morgan fingerprint density at radius 2 is 1.73 bits per heavy atom. The summed E-state index contributed by atoms with van der Waals surface area (Å²) in [5.41, 5.74) is 2.52. The van der Waals surface area contributed by atoms with Gasteiger partial charge in [0.1, 0.15) is 11.6 Å². The summed E-state index contributed by atoms with van der Waals surface area (Å²) >= 11 is 5.88. The number of nitrogens with zero attached hydrogens (tertiary/aromatic N) is 3. The molecule has 1 saturated heterocycles. The number of rotatable bonds is 4. The van der Waals surface area contributed by atoms with Crippen LogP contribution >= 0.6 is 11.6 Å². The number of aromatic nitrogens is 2. The van der Waals surface area contributed by atoms with Crippen molar-refractivity contribution < 1.29 is 4.39 Å². The van der Waals surface area contributed by atoms with Crippen molar-refractivity contribution in [2.24, 2.45) is 0 Å². The van der Waals surface area contributed by atoms with Gasteiger partial charge in [0.05, 0.1) is 10.7 Å². The molecule has 4 nitrogen and oxygen atoms in total. The van der Waals surface area contributed by atoms with Crippen LogP contribution in [0.15, 0.2) is 54.6 Å². The molecule has 2 heterocycles. The number of hydrogen-bond donors (Lipinski definition) is 1. The van der Waals surface area contributed by atoms with Gasteiger partial charge in [-0.1, -0.05) is 41.9 Å². The Morgan fingerprint density at radius 3 is 2.46 bits per heavy atom. The van der Waals surface area contributed by atoms with Gasteiger partial charge in [0.2, 0.25) is 5.95 Å². The molecule has 4 rings (SSSR count). The molecule has 1 N–H and O–H groups in total. The molecule has 0 atom stereocenters. The van der Waals surface area contributed by atoms with Crippen LogP contribution in [-0.4, -0.2) is 23.1 Å². The molecule has 1 aromatic heterocycles. The second kappa shape index (κ2) is 7.30. The Bertz CT molecular complexity index is 911. The standard InChI is InChI=1S/C20H18ClFN4/c21-16-12-15(8-9-17(16)22)23-20-24-18(14-6-2-1-3-7-14)13-19(25-20)26-10-4-5-11-26/h1-3,6-9,12-13H,4-5,10-11H2,(H,23,24,25). The van der Waals surface area contributed by atoms with Gasteiger partial charge in [0, 0.05) is 30.4 Å². The van der Waals surface area contributed by atoms with E-state index in [1.807, 2.05) is 36.4 Å². The van der Waals surface area contributed by atoms with Crippen LogP contribution in [0.5, 0.6) is 0 Å². The first-order valence-electron chi connectivity index (χ1n) is 8.60. The highest BCUT2D eigenvalue weighted by atomic mass is 35.5. The first kappa shape index (κ1) is 16.8. The summed E-state index contributed by atoms with van der Waals surface area (Å²) in [6.45, 7) is 1.99. The van der Waals surface area contributed by atoms with Crippen LogP contribution in [0, 0.1) is 5.82 Å². The van der Waals surface area contributed by atoms with E-state index in [9.17, 15) is 4.39 Å². The molecule has 0 bridgehead atoms. The van der Waals surface area contributed by atoms with Crippen molar-refractivity contribution in [3.05, 3.63) is 65.4 Å². The second-order valence-corrected chi connectivity index (χ2v) is 6.66. The third-order valence-corrected chi connectivity index (χ3v) is 4.68. The molecule has 0 saturated carbocycles. The minimum atomic E-state index is -0.450. The summed E-state index contributed by atoms with van der Waals surface area (Å²) in [6, 6.07) is 16.5. The molecular formula is C20H18ClFN4. The zero-order valence-electron chi connectivity index (χ0n) is 14.1. The van der Waals surface area contributed by atoms with Gasteiger partial charge in [0.25, 0.3) is 0 Å². The Kier molecular flexibility index (Phi) is 4.71. The fourth-order valence-electron chi connectivity index (χ4n) is 3.06. The third kappa shape index (κ3) is 3.63. The van der Waals surface area contributed by atoms with Gasteiger partial charge in [0.15, 0.2) is 0 Å². The maximum atomic E-state index is 13.4. The molecule has 1 aliphatic heterocycles. The second-order valence-electron chi connectivity index (χ2n) is 6.25. The summed E-state index contributed by atoms with van der Waals surface area (Å²) in [7, 11) is 0. The van der Waals surface area contributed by atoms with Crippen LogP contribution in [-0.2, 0) is 0 Å². The molecule has 0 unspecified atom stereocenters. The van der Waals surface area contributed by atoms with Gasteiger partial charge >= 0.3 is 0 Å². The monoisotopic (exact) mass is 368 g/mol. The zero-order chi connectivity index (χ0) is 17.9. The molecule has 26 heavy (non-hydrogen) atoms. The predicted octanol–water partition coefficient (Wildman–Crippen LogP) is 5.28. The quantitative estimate of drug-likeness (QED) is 0.680. The summed E-state index contributed by atoms with van der Waals surface area (Å²) < 4.78 is 13.4. The van der Waals surface area contributed by atoms with E-state index in [1.54, 1.807) is 6.07 Å². The number of benzene rings is 2. The normalized spacial score (nSPS) is 13.8. The maximum Gasteiger partial charge on any atom is 0.229 e. The van der Waals surface area contributed by atoms with Gasteiger partial charge < -0.3 is 10.2 Å². The fraction of sp³-hybridized carbons (Fsp3) is 0.200. The van der Waals surface area contributed by atoms with E-state index < -0.39 is 5.82 Å². The molecule has 132 valence electrons. The lowest BCUT2D eigenvalue weighted by atomic mass is 10.1. The first-order chi connectivity index (χ1) is 12.7. The highest BCUT2D eigenvalue weighted by Gasteiger charge is 2.16. The van der Waals surface area contributed by atoms with Crippen LogP contribution in [0.4, 0.5) is 21.8 Å². The summed E-state index contributed by atoms with van der Waals surface area (Å²) in [5, 5.41) is 3.21. The SMILES string of the molecule is Fc1ccc(Nc2nc(-c3ccccc3)cc(N3CCCC3)n2)cc1Cl. The Morgan fingerprint density at radius 1 is 0.962 bits per heavy atom. The summed E-state index contributed by atoms with van der Waals surface area (Å²) in [4.78, 5) is 11.6. The molecule has 3 aromatic rings. The number of nitrogens with one attached hydrogen (secondary N) is 1. The van der Waals surface area contributed by atoms with Crippen molar-refractivity contribution in [1.82, 2.24) is 9.97 Å². The topological polar surface area (TPSA) is 41.1 Å². The molecule has 0 aliphatic carbocycles. The molecule has 0 spiro atoms. The average molecular weight is 369 g/mol. The number of halogens is 2. The lowest BCUT2D eigenvalue weighted by molar-refractivity contribution is 0.628. The Balaban J connectivity index is 1.72. The minimum absolute atomic E-state index is 0.0639. The molecule has 2 aromatic carbocycles. The van der Waals surface area contributed by atoms with E-state index in [0.29, 0.717) is 11.6 Å². The van der Waals surface area contributed by atoms with Crippen molar-refractivity contribution in [3.63, 3.8) is 0 Å². The lowest BCUT2D eigenvalue weighted by Crippen LogP contribution is -2.19. The number of anilines is 3. The Labute approximate surface area is 156 Å². The van der Waals surface area contributed by atoms with Crippen molar-refractivity contribution in [2.45, 2.75) is 12.8 Å². The van der Waals surface area contributed by atoms with E-state index in [2.05, 4.69) is 20.2 Å². The van der Waals surface area contributed by atoms with Gasteiger partial charge in [-0.15, -0.1) is 0 Å². The van der Waals surface area contributed by atoms with Crippen molar-refractivity contribution >= 4 is 29.1 Å². The van der Waals surface area contributed by atoms with Crippen molar-refractivity contribution in [2.75, 3.05) is 23.3 Å². The van der Waals surface area contributed by atoms with Crippen LogP contribution in [0.1, 0.15) is 12.8 Å². The highest BCUT2D eigenvalue weighted by molar-refractivity contribution is 6.31. The first-order valence-corrected chi connectivity index (χ1v) is 8.98. The fourth-order valence-corrected chi connectivity index (χ4v) is 3.24. The summed E-state index contributed by atoms with van der Waals surface area (Å²) in [5.74, 6) is 0.914. The van der Waals surface area contributed by atoms with Crippen molar-refractivity contribution in [1.29, 1.82) is 0 Å². The minimum Gasteiger partial charge on any atom is -0.356 e. The van der Waals surface area contributed by atoms with E-state index in [4.69, 9.17) is 11.6 Å². The highest BCUT2D eigenvalue weighted by Crippen LogP contribution is 2.27. The molecule has 1 fully saturated rings. The largest absolute Gasteiger partial charge is 0.356 e. The van der Waals surface area contributed by atoms with Gasteiger partial charge in [-0.25, -0.2) is 9.37 Å². The van der Waals surface area contributed by atoms with Crippen molar-refractivity contribution in [3.8, 4) is 11.3 Å². The van der Waals surface area contributed by atoms with Gasteiger partial charge in [-0.3, -0.25) is 0 Å². The van der Waals surface area contributed by atoms with Crippen LogP contribution in [0.2, 0.25) is 5.02 Å². The van der Waals surface area contributed by atoms with Gasteiger partial charge in [-0.2, -0.15) is 4.98 Å². The maximum absolute atomic E-state index is 13.4. The average Bonchev–Trinajstić information content (AvgIpc) is 3.20. The molecule has 1 aliphatic rings. The molecular weight excluding hydrogens is 351 g/mol. The van der Waals surface area contributed by atoms with Crippen LogP contribution < -0.4 is 10.2 Å². The molecule has 0 amide bonds.